The molecule has 0 aliphatic heterocycles. The normalized spacial score (nSPS) is 10.7. The number of imidazole rings is 1. The Hall–Kier alpha value is -2.66. The van der Waals surface area contributed by atoms with Crippen LogP contribution in [0.1, 0.15) is 0 Å². The highest BCUT2D eigenvalue weighted by Gasteiger charge is 2.06. The molecule has 3 aromatic rings. The van der Waals surface area contributed by atoms with E-state index in [0.29, 0.717) is 0 Å². The van der Waals surface area contributed by atoms with Crippen LogP contribution in [0.25, 0.3) is 16.9 Å². The monoisotopic (exact) mass is 281 g/mol. The molecule has 0 atom stereocenters. The number of anilines is 1. The number of amides is 1. The van der Waals surface area contributed by atoms with Crippen LogP contribution in [-0.4, -0.2) is 29.0 Å². The molecule has 0 spiro atoms. The highest BCUT2D eigenvalue weighted by molar-refractivity contribution is 5.92. The Morgan fingerprint density at radius 1 is 1.29 bits per heavy atom. The van der Waals surface area contributed by atoms with Crippen LogP contribution in [-0.2, 0) is 9.53 Å². The van der Waals surface area contributed by atoms with Gasteiger partial charge in [0, 0.05) is 30.8 Å². The molecule has 0 bridgehead atoms. The largest absolute Gasteiger partial charge is 0.375 e. The summed E-state index contributed by atoms with van der Waals surface area (Å²) < 4.78 is 6.77. The fraction of sp³-hybridized carbons (Fsp3) is 0.125. The second kappa shape index (κ2) is 5.76. The minimum Gasteiger partial charge on any atom is -0.375 e. The molecule has 3 rings (SSSR count). The second-order valence-corrected chi connectivity index (χ2v) is 4.65. The number of methoxy groups -OCH3 is 1. The molecule has 0 saturated heterocycles. The summed E-state index contributed by atoms with van der Waals surface area (Å²) >= 11 is 0. The van der Waals surface area contributed by atoms with Gasteiger partial charge in [0.1, 0.15) is 12.3 Å². The molecule has 0 aliphatic carbocycles. The van der Waals surface area contributed by atoms with Gasteiger partial charge in [-0.3, -0.25) is 4.79 Å². The van der Waals surface area contributed by atoms with Gasteiger partial charge in [0.25, 0.3) is 0 Å². The Morgan fingerprint density at radius 3 is 3.00 bits per heavy atom. The van der Waals surface area contributed by atoms with E-state index in [4.69, 9.17) is 4.74 Å². The lowest BCUT2D eigenvalue weighted by Gasteiger charge is -2.05. The molecule has 0 fully saturated rings. The highest BCUT2D eigenvalue weighted by Crippen LogP contribution is 2.22. The highest BCUT2D eigenvalue weighted by atomic mass is 16.5. The van der Waals surface area contributed by atoms with Crippen molar-refractivity contribution < 1.29 is 9.53 Å². The average Bonchev–Trinajstić information content (AvgIpc) is 2.91. The summed E-state index contributed by atoms with van der Waals surface area (Å²) in [5.74, 6) is -0.176. The van der Waals surface area contributed by atoms with Crippen LogP contribution in [0, 0.1) is 0 Å². The maximum atomic E-state index is 11.5. The standard InChI is InChI=1S/C16H15N3O2/c1-21-11-16(20)17-13-6-4-5-12(9-13)14-10-19-8-3-2-7-15(19)18-14/h2-10H,11H2,1H3,(H,17,20). The van der Waals surface area contributed by atoms with E-state index in [2.05, 4.69) is 10.3 Å². The van der Waals surface area contributed by atoms with Crippen LogP contribution in [0.5, 0.6) is 0 Å². The van der Waals surface area contributed by atoms with Gasteiger partial charge in [-0.2, -0.15) is 0 Å². The van der Waals surface area contributed by atoms with Crippen molar-refractivity contribution in [2.75, 3.05) is 19.0 Å². The number of rotatable bonds is 4. The molecule has 0 saturated carbocycles. The van der Waals surface area contributed by atoms with Crippen LogP contribution in [0.3, 0.4) is 0 Å². The number of aromatic nitrogens is 2. The topological polar surface area (TPSA) is 55.6 Å². The lowest BCUT2D eigenvalue weighted by Crippen LogP contribution is -2.16. The third-order valence-corrected chi connectivity index (χ3v) is 3.08. The molecule has 1 N–H and O–H groups in total. The molecule has 5 heteroatoms. The van der Waals surface area contributed by atoms with Gasteiger partial charge in [-0.05, 0) is 24.3 Å². The number of carbonyl (C=O) groups is 1. The van der Waals surface area contributed by atoms with Gasteiger partial charge < -0.3 is 14.5 Å². The molecular weight excluding hydrogens is 266 g/mol. The number of fused-ring (bicyclic) bond motifs is 1. The van der Waals surface area contributed by atoms with Crippen molar-refractivity contribution in [2.24, 2.45) is 0 Å². The molecule has 2 aromatic heterocycles. The molecule has 0 radical (unpaired) electrons. The minimum absolute atomic E-state index is 0.0403. The van der Waals surface area contributed by atoms with Gasteiger partial charge in [0.05, 0.1) is 5.69 Å². The molecular formula is C16H15N3O2. The van der Waals surface area contributed by atoms with Crippen molar-refractivity contribution in [3.05, 3.63) is 54.9 Å². The fourth-order valence-electron chi connectivity index (χ4n) is 2.16. The summed E-state index contributed by atoms with van der Waals surface area (Å²) in [5, 5.41) is 2.79. The number of hydrogen-bond acceptors (Lipinski definition) is 3. The number of pyridine rings is 1. The van der Waals surface area contributed by atoms with E-state index in [0.717, 1.165) is 22.6 Å². The Morgan fingerprint density at radius 2 is 2.19 bits per heavy atom. The first kappa shape index (κ1) is 13.3. The molecule has 2 heterocycles. The number of carbonyl (C=O) groups excluding carboxylic acids is 1. The van der Waals surface area contributed by atoms with Gasteiger partial charge in [-0.15, -0.1) is 0 Å². The zero-order chi connectivity index (χ0) is 14.7. The number of nitrogens with zero attached hydrogens (tertiary/aromatic N) is 2. The predicted molar refractivity (Wildman–Crippen MR) is 81.1 cm³/mol. The van der Waals surface area contributed by atoms with Crippen molar-refractivity contribution in [3.63, 3.8) is 0 Å². The zero-order valence-corrected chi connectivity index (χ0v) is 11.6. The SMILES string of the molecule is COCC(=O)Nc1cccc(-c2cn3ccccc3n2)c1. The lowest BCUT2D eigenvalue weighted by atomic mass is 10.1. The molecule has 0 unspecified atom stereocenters. The molecule has 1 aromatic carbocycles. The smallest absolute Gasteiger partial charge is 0.250 e. The Labute approximate surface area is 122 Å². The Bertz CT molecular complexity index is 747. The summed E-state index contributed by atoms with van der Waals surface area (Å²) in [4.78, 5) is 16.1. The van der Waals surface area contributed by atoms with Crippen molar-refractivity contribution in [1.29, 1.82) is 0 Å². The van der Waals surface area contributed by atoms with E-state index in [1.807, 2.05) is 59.3 Å². The summed E-state index contributed by atoms with van der Waals surface area (Å²) in [7, 11) is 1.49. The average molecular weight is 281 g/mol. The number of ether oxygens (including phenoxy) is 1. The van der Waals surface area contributed by atoms with Crippen molar-refractivity contribution in [2.45, 2.75) is 0 Å². The number of nitrogens with one attached hydrogen (secondary N) is 1. The minimum atomic E-state index is -0.176. The summed E-state index contributed by atoms with van der Waals surface area (Å²) in [6.45, 7) is 0.0403. The van der Waals surface area contributed by atoms with Gasteiger partial charge in [-0.25, -0.2) is 4.98 Å². The van der Waals surface area contributed by atoms with E-state index < -0.39 is 0 Å². The van der Waals surface area contributed by atoms with Gasteiger partial charge in [0.2, 0.25) is 5.91 Å². The molecule has 1 amide bonds. The first-order chi connectivity index (χ1) is 10.3. The maximum absolute atomic E-state index is 11.5. The van der Waals surface area contributed by atoms with E-state index in [9.17, 15) is 4.79 Å². The third kappa shape index (κ3) is 2.93. The predicted octanol–water partition coefficient (Wildman–Crippen LogP) is 2.59. The van der Waals surface area contributed by atoms with Crippen LogP contribution in [0.4, 0.5) is 5.69 Å². The maximum Gasteiger partial charge on any atom is 0.250 e. The van der Waals surface area contributed by atoms with Gasteiger partial charge in [-0.1, -0.05) is 18.2 Å². The summed E-state index contributed by atoms with van der Waals surface area (Å²) in [5.41, 5.74) is 3.44. The van der Waals surface area contributed by atoms with Gasteiger partial charge in [0.15, 0.2) is 0 Å². The third-order valence-electron chi connectivity index (χ3n) is 3.08. The Balaban J connectivity index is 1.90. The first-order valence-corrected chi connectivity index (χ1v) is 6.59. The number of benzene rings is 1. The van der Waals surface area contributed by atoms with Crippen LogP contribution < -0.4 is 5.32 Å². The second-order valence-electron chi connectivity index (χ2n) is 4.65. The van der Waals surface area contributed by atoms with Crippen LogP contribution in [0.2, 0.25) is 0 Å². The fourth-order valence-corrected chi connectivity index (χ4v) is 2.16. The first-order valence-electron chi connectivity index (χ1n) is 6.59. The zero-order valence-electron chi connectivity index (χ0n) is 11.6. The molecule has 0 aliphatic rings. The summed E-state index contributed by atoms with van der Waals surface area (Å²) in [6, 6.07) is 13.5. The molecule has 106 valence electrons. The lowest BCUT2D eigenvalue weighted by molar-refractivity contribution is -0.119. The molecule has 5 nitrogen and oxygen atoms in total. The Kier molecular flexibility index (Phi) is 3.66. The van der Waals surface area contributed by atoms with E-state index in [-0.39, 0.29) is 12.5 Å². The number of hydrogen-bond donors (Lipinski definition) is 1. The van der Waals surface area contributed by atoms with E-state index in [1.54, 1.807) is 0 Å². The van der Waals surface area contributed by atoms with Gasteiger partial charge >= 0.3 is 0 Å². The molecule has 21 heavy (non-hydrogen) atoms. The summed E-state index contributed by atoms with van der Waals surface area (Å²) in [6.07, 6.45) is 3.92. The van der Waals surface area contributed by atoms with Crippen molar-refractivity contribution in [1.82, 2.24) is 9.38 Å². The van der Waals surface area contributed by atoms with E-state index in [1.165, 1.54) is 7.11 Å². The van der Waals surface area contributed by atoms with E-state index >= 15 is 0 Å². The van der Waals surface area contributed by atoms with Crippen LogP contribution >= 0.6 is 0 Å². The van der Waals surface area contributed by atoms with Crippen molar-refractivity contribution >= 4 is 17.2 Å². The van der Waals surface area contributed by atoms with Crippen LogP contribution in [0.15, 0.2) is 54.9 Å². The quantitative estimate of drug-likeness (QED) is 0.799. The van der Waals surface area contributed by atoms with Crippen molar-refractivity contribution in [3.8, 4) is 11.3 Å².